The zero-order valence-corrected chi connectivity index (χ0v) is 29.0. The molecule has 4 aromatic carbocycles. The molecule has 0 aromatic heterocycles. The van der Waals surface area contributed by atoms with Gasteiger partial charge in [0.15, 0.2) is 12.0 Å². The molecule has 1 atom stereocenters. The van der Waals surface area contributed by atoms with Gasteiger partial charge in [-0.3, -0.25) is 10.1 Å². The van der Waals surface area contributed by atoms with Crippen molar-refractivity contribution in [2.75, 3.05) is 41.7 Å². The molecule has 0 fully saturated rings. The third-order valence-electron chi connectivity index (χ3n) is 8.45. The highest BCUT2D eigenvalue weighted by atomic mass is 35.5. The van der Waals surface area contributed by atoms with Crippen LogP contribution in [0.1, 0.15) is 23.1 Å². The van der Waals surface area contributed by atoms with Crippen LogP contribution in [0.4, 0.5) is 5.69 Å². The first-order chi connectivity index (χ1) is 23.5. The lowest BCUT2D eigenvalue weighted by atomic mass is 9.75. The summed E-state index contributed by atoms with van der Waals surface area (Å²) in [6.45, 7) is 0.171. The van der Waals surface area contributed by atoms with E-state index in [9.17, 15) is 18.5 Å². The average molecular weight is 713 g/mol. The number of fused-ring (bicyclic) bond motifs is 1. The molecule has 1 heterocycles. The van der Waals surface area contributed by atoms with E-state index in [1.807, 2.05) is 0 Å². The molecule has 1 aliphatic rings. The molecule has 14 heteroatoms. The van der Waals surface area contributed by atoms with Gasteiger partial charge in [0.1, 0.15) is 23.9 Å². The Labute approximate surface area is 290 Å². The summed E-state index contributed by atoms with van der Waals surface area (Å²) < 4.78 is 63.6. The summed E-state index contributed by atoms with van der Waals surface area (Å²) in [6, 6.07) is 22.8. The molecule has 0 unspecified atom stereocenters. The van der Waals surface area contributed by atoms with E-state index < -0.39 is 32.3 Å². The number of ether oxygens (including phenoxy) is 6. The molecule has 0 spiro atoms. The smallest absolute Gasteiger partial charge is 0.312 e. The summed E-state index contributed by atoms with van der Waals surface area (Å²) >= 11 is 6.22. The van der Waals surface area contributed by atoms with Crippen LogP contribution in [-0.2, 0) is 38.0 Å². The lowest BCUT2D eigenvalue weighted by Crippen LogP contribution is -2.49. The maximum Gasteiger partial charge on any atom is 0.312 e. The molecule has 0 bridgehead atoms. The maximum atomic E-state index is 14.2. The molecule has 0 aliphatic carbocycles. The minimum absolute atomic E-state index is 0.00610. The summed E-state index contributed by atoms with van der Waals surface area (Å²) in [5.74, 6) is 1.65. The van der Waals surface area contributed by atoms with Crippen LogP contribution in [0, 0.1) is 10.1 Å². The van der Waals surface area contributed by atoms with Gasteiger partial charge >= 0.3 is 5.69 Å². The van der Waals surface area contributed by atoms with Crippen LogP contribution in [-0.4, -0.2) is 65.6 Å². The van der Waals surface area contributed by atoms with Gasteiger partial charge in [0.25, 0.3) is 0 Å². The van der Waals surface area contributed by atoms with Gasteiger partial charge < -0.3 is 28.4 Å². The standard InChI is InChI=1S/C35H37ClN2O10S/c1-43-27-10-5-24(6-11-27)21-37(22-25-7-12-28(44-2)13-8-25)49(41,42)29-14-16-32(31(20-29)38(39)40)48-23-35(34(45-3)46-4)17-18-47-33-19-26(36)9-15-30(33)35/h5-16,19-20,34H,17-18,21-23H2,1-4H3/t35-/m0/s1. The number of hydrogen-bond donors (Lipinski definition) is 0. The highest BCUT2D eigenvalue weighted by Gasteiger charge is 2.47. The van der Waals surface area contributed by atoms with E-state index >= 15 is 0 Å². The number of halogens is 1. The van der Waals surface area contributed by atoms with Crippen LogP contribution in [0.3, 0.4) is 0 Å². The Morgan fingerprint density at radius 2 is 1.47 bits per heavy atom. The largest absolute Gasteiger partial charge is 0.497 e. The van der Waals surface area contributed by atoms with E-state index in [1.54, 1.807) is 80.9 Å². The Kier molecular flexibility index (Phi) is 11.3. The van der Waals surface area contributed by atoms with Crippen molar-refractivity contribution in [2.45, 2.75) is 36.1 Å². The minimum Gasteiger partial charge on any atom is -0.497 e. The van der Waals surface area contributed by atoms with Gasteiger partial charge in [0.2, 0.25) is 10.0 Å². The quantitative estimate of drug-likeness (QED) is 0.0777. The van der Waals surface area contributed by atoms with E-state index in [0.29, 0.717) is 45.4 Å². The Bertz CT molecular complexity index is 1820. The summed E-state index contributed by atoms with van der Waals surface area (Å²) in [5, 5.41) is 12.9. The summed E-state index contributed by atoms with van der Waals surface area (Å²) in [6.07, 6.45) is -0.403. The fraction of sp³-hybridized carbons (Fsp3) is 0.314. The van der Waals surface area contributed by atoms with E-state index in [-0.39, 0.29) is 36.9 Å². The molecule has 1 aliphatic heterocycles. The third-order valence-corrected chi connectivity index (χ3v) is 10.5. The van der Waals surface area contributed by atoms with Crippen molar-refractivity contribution < 1.29 is 41.8 Å². The molecular formula is C35H37ClN2O10S. The minimum atomic E-state index is -4.27. The van der Waals surface area contributed by atoms with Crippen molar-refractivity contribution in [3.05, 3.63) is 117 Å². The summed E-state index contributed by atoms with van der Waals surface area (Å²) in [4.78, 5) is 11.5. The van der Waals surface area contributed by atoms with Gasteiger partial charge in [0.05, 0.1) is 36.1 Å². The molecule has 0 radical (unpaired) electrons. The van der Waals surface area contributed by atoms with E-state index in [2.05, 4.69) is 0 Å². The first-order valence-corrected chi connectivity index (χ1v) is 17.0. The van der Waals surface area contributed by atoms with Crippen LogP contribution < -0.4 is 18.9 Å². The topological polar surface area (TPSA) is 136 Å². The zero-order valence-electron chi connectivity index (χ0n) is 27.5. The van der Waals surface area contributed by atoms with Gasteiger partial charge in [-0.25, -0.2) is 8.42 Å². The molecule has 4 aromatic rings. The number of sulfonamides is 1. The van der Waals surface area contributed by atoms with Gasteiger partial charge in [-0.05, 0) is 66.1 Å². The van der Waals surface area contributed by atoms with E-state index in [0.717, 1.165) is 6.07 Å². The van der Waals surface area contributed by atoms with Crippen LogP contribution in [0.2, 0.25) is 5.02 Å². The van der Waals surface area contributed by atoms with Crippen LogP contribution in [0.15, 0.2) is 89.8 Å². The number of methoxy groups -OCH3 is 4. The molecule has 12 nitrogen and oxygen atoms in total. The number of benzene rings is 4. The lowest BCUT2D eigenvalue weighted by molar-refractivity contribution is -0.386. The fourth-order valence-corrected chi connectivity index (χ4v) is 7.49. The average Bonchev–Trinajstić information content (AvgIpc) is 3.11. The Balaban J connectivity index is 1.49. The number of rotatable bonds is 15. The second kappa shape index (κ2) is 15.4. The molecule has 0 amide bonds. The highest BCUT2D eigenvalue weighted by Crippen LogP contribution is 2.45. The monoisotopic (exact) mass is 712 g/mol. The van der Waals surface area contributed by atoms with E-state index in [4.69, 9.17) is 40.0 Å². The van der Waals surface area contributed by atoms with Gasteiger partial charge in [-0.1, -0.05) is 41.9 Å². The lowest BCUT2D eigenvalue weighted by Gasteiger charge is -2.42. The molecule has 260 valence electrons. The van der Waals surface area contributed by atoms with Crippen molar-refractivity contribution in [1.82, 2.24) is 4.31 Å². The fourth-order valence-electron chi connectivity index (χ4n) is 5.89. The second-order valence-corrected chi connectivity index (χ2v) is 13.7. The molecule has 0 N–H and O–H groups in total. The van der Waals surface area contributed by atoms with Crippen molar-refractivity contribution in [3.63, 3.8) is 0 Å². The van der Waals surface area contributed by atoms with Crippen molar-refractivity contribution >= 4 is 27.3 Å². The Morgan fingerprint density at radius 1 is 0.878 bits per heavy atom. The number of nitro benzene ring substituents is 1. The predicted octanol–water partition coefficient (Wildman–Crippen LogP) is 6.37. The number of nitrogens with zero attached hydrogens (tertiary/aromatic N) is 2. The SMILES string of the molecule is COc1ccc(CN(Cc2ccc(OC)cc2)S(=O)(=O)c2ccc(OC[C@@]3(C(OC)OC)CCOc4cc(Cl)ccc43)c([N+](=O)[O-])c2)cc1. The first kappa shape index (κ1) is 35.9. The zero-order chi connectivity index (χ0) is 35.2. The summed E-state index contributed by atoms with van der Waals surface area (Å²) in [5.41, 5.74) is 0.641. The van der Waals surface area contributed by atoms with Crippen molar-refractivity contribution in [1.29, 1.82) is 0 Å². The number of hydrogen-bond acceptors (Lipinski definition) is 10. The molecule has 0 saturated carbocycles. The van der Waals surface area contributed by atoms with Crippen LogP contribution >= 0.6 is 11.6 Å². The van der Waals surface area contributed by atoms with Crippen molar-refractivity contribution in [2.24, 2.45) is 0 Å². The predicted molar refractivity (Wildman–Crippen MR) is 182 cm³/mol. The van der Waals surface area contributed by atoms with Crippen molar-refractivity contribution in [3.8, 4) is 23.0 Å². The van der Waals surface area contributed by atoms with Gasteiger partial charge in [0, 0.05) is 44.0 Å². The Morgan fingerprint density at radius 3 is 2.00 bits per heavy atom. The normalized spacial score (nSPS) is 15.8. The maximum absolute atomic E-state index is 14.2. The second-order valence-electron chi connectivity index (χ2n) is 11.3. The first-order valence-electron chi connectivity index (χ1n) is 15.2. The molecular weight excluding hydrogens is 676 g/mol. The van der Waals surface area contributed by atoms with E-state index in [1.165, 1.54) is 30.7 Å². The number of nitro groups is 1. The third kappa shape index (κ3) is 7.76. The van der Waals surface area contributed by atoms with Crippen LogP contribution in [0.25, 0.3) is 0 Å². The molecule has 5 rings (SSSR count). The van der Waals surface area contributed by atoms with Gasteiger partial charge in [-0.15, -0.1) is 0 Å². The van der Waals surface area contributed by atoms with Crippen LogP contribution in [0.5, 0.6) is 23.0 Å². The molecule has 49 heavy (non-hydrogen) atoms. The molecule has 0 saturated heterocycles. The Hall–Kier alpha value is -4.40. The summed E-state index contributed by atoms with van der Waals surface area (Å²) in [7, 11) is 1.80. The highest BCUT2D eigenvalue weighted by molar-refractivity contribution is 7.89. The van der Waals surface area contributed by atoms with Gasteiger partial charge in [-0.2, -0.15) is 4.31 Å².